The maximum atomic E-state index is 5.75. The Labute approximate surface area is 97.5 Å². The largest absolute Gasteiger partial charge is 0.0776 e. The van der Waals surface area contributed by atoms with Crippen molar-refractivity contribution in [3.8, 4) is 0 Å². The fraction of sp³-hybridized carbons (Fsp3) is 0.200. The van der Waals surface area contributed by atoms with Crippen LogP contribution in [-0.2, 0) is 0 Å². The molecule has 0 nitrogen and oxygen atoms in total. The lowest BCUT2D eigenvalue weighted by Gasteiger charge is -1.69. The molecule has 0 amide bonds. The van der Waals surface area contributed by atoms with Gasteiger partial charge in [-0.25, -0.2) is 0 Å². The molecule has 0 saturated carbocycles. The van der Waals surface area contributed by atoms with E-state index in [4.69, 9.17) is 1.37 Å². The molecule has 0 heteroatoms. The highest BCUT2D eigenvalue weighted by Crippen LogP contribution is 1.80. The van der Waals surface area contributed by atoms with E-state index >= 15 is 0 Å². The third-order valence-corrected chi connectivity index (χ3v) is 1.33. The molecule has 2 rings (SSSR count). The van der Waals surface area contributed by atoms with Gasteiger partial charge in [0.1, 0.15) is 0 Å². The van der Waals surface area contributed by atoms with E-state index in [-0.39, 0.29) is 1.43 Å². The summed E-state index contributed by atoms with van der Waals surface area (Å²) in [5.74, 6) is 0. The van der Waals surface area contributed by atoms with Crippen molar-refractivity contribution in [2.24, 2.45) is 0 Å². The van der Waals surface area contributed by atoms with E-state index in [0.29, 0.717) is 0 Å². The molecule has 0 aromatic heterocycles. The molecule has 0 fully saturated rings. The first-order chi connectivity index (χ1) is 8.00. The predicted octanol–water partition coefficient (Wildman–Crippen LogP) is 5.28. The summed E-state index contributed by atoms with van der Waals surface area (Å²) in [6, 6.07) is 24.0. The van der Waals surface area contributed by atoms with Crippen LogP contribution >= 0.6 is 0 Å². The molecular weight excluding hydrogens is 180 g/mol. The van der Waals surface area contributed by atoms with Gasteiger partial charge in [0.15, 0.2) is 0 Å². The van der Waals surface area contributed by atoms with Crippen LogP contribution in [0.15, 0.2) is 72.8 Å². The molecule has 0 aliphatic rings. The fourth-order valence-electron chi connectivity index (χ4n) is 0.770. The molecule has 0 aliphatic heterocycles. The number of hydrogen-bond acceptors (Lipinski definition) is 0. The summed E-state index contributed by atoms with van der Waals surface area (Å²) >= 11 is 0. The Morgan fingerprint density at radius 2 is 0.600 bits per heavy atom. The van der Waals surface area contributed by atoms with Gasteiger partial charge in [-0.1, -0.05) is 94.0 Å². The average molecular weight is 206 g/mol. The summed E-state index contributed by atoms with van der Waals surface area (Å²) in [7, 11) is 1.25. The van der Waals surface area contributed by atoms with Crippen LogP contribution in [0.25, 0.3) is 0 Å². The topological polar surface area (TPSA) is 0 Å². The molecule has 0 N–H and O–H groups in total. The van der Waals surface area contributed by atoms with Crippen LogP contribution < -0.4 is 0 Å². The van der Waals surface area contributed by atoms with Crippen LogP contribution in [0.3, 0.4) is 0 Å². The highest BCUT2D eigenvalue weighted by atomic mass is 13.7. The monoisotopic (exact) mass is 206 g/mol. The zero-order valence-electron chi connectivity index (χ0n) is 10.9. The molecule has 0 bridgehead atoms. The third-order valence-electron chi connectivity index (χ3n) is 1.33. The molecule has 2 aromatic carbocycles. The summed E-state index contributed by atoms with van der Waals surface area (Å²) in [5, 5.41) is 0. The molecular formula is C15H24. The van der Waals surface area contributed by atoms with Crippen molar-refractivity contribution in [3.05, 3.63) is 72.8 Å². The molecule has 2 aromatic rings. The highest BCUT2D eigenvalue weighted by molar-refractivity contribution is 4.99. The molecule has 84 valence electrons. The predicted molar refractivity (Wildman–Crippen MR) is 73.1 cm³/mol. The first-order valence-electron chi connectivity index (χ1n) is 6.00. The lowest BCUT2D eigenvalue weighted by molar-refractivity contribution is 1.50. The van der Waals surface area contributed by atoms with Crippen molar-refractivity contribution in [1.29, 1.82) is 0 Å². The van der Waals surface area contributed by atoms with E-state index in [2.05, 4.69) is 0 Å². The Balaban J connectivity index is -0.000000171. The lowest BCUT2D eigenvalue weighted by atomic mass is 10.4. The van der Waals surface area contributed by atoms with Crippen LogP contribution in [0.4, 0.5) is 0 Å². The van der Waals surface area contributed by atoms with E-state index < -0.39 is 0 Å². The normalized spacial score (nSPS) is 7.27. The van der Waals surface area contributed by atoms with Gasteiger partial charge in [0, 0.05) is 2.80 Å². The Bertz CT molecular complexity index is 184. The quantitative estimate of drug-likeness (QED) is 0.550. The summed E-state index contributed by atoms with van der Waals surface area (Å²) in [6.07, 6.45) is 0. The zero-order valence-corrected chi connectivity index (χ0v) is 9.93. The third kappa shape index (κ3) is 12.4. The van der Waals surface area contributed by atoms with Crippen molar-refractivity contribution in [1.82, 2.24) is 0 Å². The molecule has 0 atom stereocenters. The van der Waals surface area contributed by atoms with Gasteiger partial charge in [-0.05, 0) is 0 Å². The molecule has 0 heterocycles. The van der Waals surface area contributed by atoms with Crippen LogP contribution in [0, 0.1) is 0 Å². The maximum absolute atomic E-state index is 5.75. The fourth-order valence-corrected chi connectivity index (χ4v) is 0.770. The minimum atomic E-state index is 0. The van der Waals surface area contributed by atoms with Crippen LogP contribution in [-0.4, -0.2) is 0 Å². The van der Waals surface area contributed by atoms with Gasteiger partial charge in [-0.3, -0.25) is 0 Å². The first kappa shape index (κ1) is 13.4. The smallest absolute Gasteiger partial charge is 0.0194 e. The van der Waals surface area contributed by atoms with E-state index in [1.54, 1.807) is 0 Å². The minimum absolute atomic E-state index is 0. The molecule has 0 spiro atoms. The summed E-state index contributed by atoms with van der Waals surface area (Å²) in [4.78, 5) is 0. The molecule has 0 radical (unpaired) electrons. The van der Waals surface area contributed by atoms with E-state index in [1.807, 2.05) is 86.6 Å². The number of rotatable bonds is 0. The SMILES string of the molecule is CC.[2HH].[2H]C.c1ccccc1.c1ccccc1. The van der Waals surface area contributed by atoms with Crippen molar-refractivity contribution in [2.45, 2.75) is 21.3 Å². The summed E-state index contributed by atoms with van der Waals surface area (Å²) < 4.78 is 5.75. The van der Waals surface area contributed by atoms with Gasteiger partial charge >= 0.3 is 0 Å². The standard InChI is InChI=1S/2C6H6.C2H6.CH4.H2/c2*1-2-4-6-5-3-1;1-2;;/h2*1-6H;1-2H3;1H4;1H/i;;;1D;1+1. The second-order valence-electron chi connectivity index (χ2n) is 2.31. The minimum Gasteiger partial charge on any atom is -0.0776 e. The second-order valence-corrected chi connectivity index (χ2v) is 2.31. The average Bonchev–Trinajstić information content (AvgIpc) is 2.48. The molecule has 0 unspecified atom stereocenters. The Kier molecular flexibility index (Phi) is 13.4. The zero-order chi connectivity index (χ0) is 12.5. The maximum Gasteiger partial charge on any atom is 0.0194 e. The Morgan fingerprint density at radius 1 is 0.533 bits per heavy atom. The van der Waals surface area contributed by atoms with Gasteiger partial charge in [0.2, 0.25) is 0 Å². The second kappa shape index (κ2) is 14.9. The van der Waals surface area contributed by atoms with Crippen molar-refractivity contribution < 1.29 is 2.80 Å². The van der Waals surface area contributed by atoms with E-state index in [1.165, 1.54) is 7.40 Å². The van der Waals surface area contributed by atoms with Gasteiger partial charge in [-0.2, -0.15) is 0 Å². The van der Waals surface area contributed by atoms with Crippen LogP contribution in [0.1, 0.15) is 24.0 Å². The lowest BCUT2D eigenvalue weighted by Crippen LogP contribution is -1.47. The van der Waals surface area contributed by atoms with Gasteiger partial charge in [0.25, 0.3) is 0 Å². The van der Waals surface area contributed by atoms with Crippen molar-refractivity contribution in [3.63, 3.8) is 0 Å². The summed E-state index contributed by atoms with van der Waals surface area (Å²) in [5.41, 5.74) is 0. The van der Waals surface area contributed by atoms with Crippen LogP contribution in [0.5, 0.6) is 0 Å². The van der Waals surface area contributed by atoms with Crippen LogP contribution in [0.2, 0.25) is 0 Å². The van der Waals surface area contributed by atoms with Gasteiger partial charge in [0.05, 0.1) is 0 Å². The highest BCUT2D eigenvalue weighted by Gasteiger charge is 1.58. The molecule has 0 aliphatic carbocycles. The molecule has 15 heavy (non-hydrogen) atoms. The summed E-state index contributed by atoms with van der Waals surface area (Å²) in [6.45, 7) is 4.00. The van der Waals surface area contributed by atoms with Gasteiger partial charge in [-0.15, -0.1) is 0 Å². The van der Waals surface area contributed by atoms with Gasteiger partial charge < -0.3 is 0 Å². The van der Waals surface area contributed by atoms with E-state index in [0.717, 1.165) is 0 Å². The number of hydrogen-bond donors (Lipinski definition) is 0. The Morgan fingerprint density at radius 3 is 0.667 bits per heavy atom. The van der Waals surface area contributed by atoms with Crippen molar-refractivity contribution >= 4 is 0 Å². The van der Waals surface area contributed by atoms with E-state index in [9.17, 15) is 0 Å². The molecule has 0 saturated heterocycles. The Hall–Kier alpha value is -1.56. The van der Waals surface area contributed by atoms with Crippen molar-refractivity contribution in [2.75, 3.05) is 0 Å². The first-order valence-corrected chi connectivity index (χ1v) is 5.00. The number of benzene rings is 2.